The minimum atomic E-state index is 0.496. The van der Waals surface area contributed by atoms with Gasteiger partial charge in [-0.3, -0.25) is 4.90 Å². The number of hydrogen-bond donors (Lipinski definition) is 0. The molecule has 5 aliphatic carbocycles. The minimum absolute atomic E-state index is 0.496. The van der Waals surface area contributed by atoms with Crippen molar-refractivity contribution >= 4 is 0 Å². The molecule has 150 valence electrons. The third-order valence-corrected chi connectivity index (χ3v) is 11.9. The van der Waals surface area contributed by atoms with Crippen LogP contribution in [-0.2, 0) is 0 Å². The Balaban J connectivity index is 1.45. The third-order valence-electron chi connectivity index (χ3n) is 11.9. The number of hydrogen-bond acceptors (Lipinski definition) is 1. The van der Waals surface area contributed by atoms with Crippen molar-refractivity contribution in [2.75, 3.05) is 13.1 Å². The van der Waals surface area contributed by atoms with Crippen LogP contribution >= 0.6 is 0 Å². The summed E-state index contributed by atoms with van der Waals surface area (Å²) in [5.74, 6) is 10.4. The molecule has 7 aliphatic rings. The molecule has 1 saturated heterocycles. The van der Waals surface area contributed by atoms with E-state index in [0.29, 0.717) is 21.8 Å². The van der Waals surface area contributed by atoms with Crippen LogP contribution in [0.15, 0.2) is 11.1 Å². The van der Waals surface area contributed by atoms with Gasteiger partial charge in [0, 0.05) is 36.9 Å². The zero-order valence-electron chi connectivity index (χ0n) is 18.1. The summed E-state index contributed by atoms with van der Waals surface area (Å²) >= 11 is 0. The second-order valence-electron chi connectivity index (χ2n) is 12.2. The van der Waals surface area contributed by atoms with Crippen LogP contribution < -0.4 is 0 Å². The van der Waals surface area contributed by atoms with E-state index < -0.39 is 0 Å². The quantitative estimate of drug-likeness (QED) is 0.287. The van der Waals surface area contributed by atoms with E-state index in [1.54, 1.807) is 5.57 Å². The summed E-state index contributed by atoms with van der Waals surface area (Å²) in [5.41, 5.74) is 5.90. The Labute approximate surface area is 171 Å². The second-order valence-corrected chi connectivity index (χ2v) is 12.2. The molecule has 7 rings (SSSR count). The molecule has 8 atom stereocenters. The molecular weight excluding hydrogens is 338 g/mol. The van der Waals surface area contributed by atoms with Crippen LogP contribution in [0.1, 0.15) is 90.9 Å². The van der Waals surface area contributed by atoms with E-state index >= 15 is 0 Å². The molecule has 2 spiro atoms. The van der Waals surface area contributed by atoms with Gasteiger partial charge in [0.2, 0.25) is 0 Å². The Hall–Kier alpha value is -0.740. The van der Waals surface area contributed by atoms with Gasteiger partial charge in [0.15, 0.2) is 0 Å². The molecule has 0 aromatic carbocycles. The van der Waals surface area contributed by atoms with Crippen molar-refractivity contribution in [1.82, 2.24) is 4.90 Å². The monoisotopic (exact) mass is 375 g/mol. The lowest BCUT2D eigenvalue weighted by Gasteiger charge is -2.66. The first-order chi connectivity index (χ1) is 13.6. The molecule has 4 saturated carbocycles. The van der Waals surface area contributed by atoms with Gasteiger partial charge in [-0.25, -0.2) is 0 Å². The summed E-state index contributed by atoms with van der Waals surface area (Å²) in [5, 5.41) is 0. The highest BCUT2D eigenvalue weighted by atomic mass is 15.4. The van der Waals surface area contributed by atoms with Crippen molar-refractivity contribution in [3.63, 3.8) is 0 Å². The molecule has 2 heterocycles. The Morgan fingerprint density at radius 3 is 2.79 bits per heavy atom. The highest BCUT2D eigenvalue weighted by Gasteiger charge is 2.78. The lowest BCUT2D eigenvalue weighted by atomic mass is 9.38. The molecule has 4 bridgehead atoms. The lowest BCUT2D eigenvalue weighted by Crippen LogP contribution is -2.62. The van der Waals surface area contributed by atoms with E-state index in [4.69, 9.17) is 0 Å². The Kier molecular flexibility index (Phi) is 3.10. The standard InChI is InChI=1S/C27H37N/c1-19-10-14-27-20(2)15-22-9-6-13-26(27)12-4-3-7-21-8-5-11-25(21)18-28(25)17-24(22,26)16-23(19)27/h20-22H,5-18H2,1-2H3. The van der Waals surface area contributed by atoms with Crippen LogP contribution in [0.4, 0.5) is 0 Å². The molecule has 0 radical (unpaired) electrons. The topological polar surface area (TPSA) is 3.01 Å². The van der Waals surface area contributed by atoms with E-state index in [-0.39, 0.29) is 0 Å². The zero-order valence-corrected chi connectivity index (χ0v) is 18.1. The van der Waals surface area contributed by atoms with Gasteiger partial charge in [-0.15, -0.1) is 11.8 Å². The van der Waals surface area contributed by atoms with Crippen molar-refractivity contribution in [1.29, 1.82) is 0 Å². The highest BCUT2D eigenvalue weighted by Crippen LogP contribution is 2.83. The fourth-order valence-electron chi connectivity index (χ4n) is 10.8. The molecular formula is C27H37N. The van der Waals surface area contributed by atoms with Gasteiger partial charge in [-0.2, -0.15) is 0 Å². The van der Waals surface area contributed by atoms with E-state index in [2.05, 4.69) is 30.6 Å². The highest BCUT2D eigenvalue weighted by molar-refractivity contribution is 5.44. The summed E-state index contributed by atoms with van der Waals surface area (Å²) in [6.45, 7) is 7.98. The van der Waals surface area contributed by atoms with Crippen molar-refractivity contribution < 1.29 is 0 Å². The maximum atomic E-state index is 3.90. The average molecular weight is 376 g/mol. The predicted octanol–water partition coefficient (Wildman–Crippen LogP) is 5.95. The largest absolute Gasteiger partial charge is 0.294 e. The lowest BCUT2D eigenvalue weighted by molar-refractivity contribution is -0.168. The van der Waals surface area contributed by atoms with Crippen molar-refractivity contribution in [2.24, 2.45) is 34.0 Å². The first kappa shape index (κ1) is 17.0. The van der Waals surface area contributed by atoms with Gasteiger partial charge in [-0.05, 0) is 86.9 Å². The van der Waals surface area contributed by atoms with Gasteiger partial charge < -0.3 is 0 Å². The van der Waals surface area contributed by atoms with Gasteiger partial charge in [0.05, 0.1) is 0 Å². The normalized spacial score (nSPS) is 58.2. The maximum Gasteiger partial charge on any atom is 0.0374 e. The number of rotatable bonds is 0. The van der Waals surface area contributed by atoms with Gasteiger partial charge in [0.25, 0.3) is 0 Å². The molecule has 0 aromatic heterocycles. The summed E-state index contributed by atoms with van der Waals surface area (Å²) in [4.78, 5) is 3.02. The molecule has 5 fully saturated rings. The fraction of sp³-hybridized carbons (Fsp3) is 0.852. The van der Waals surface area contributed by atoms with Gasteiger partial charge >= 0.3 is 0 Å². The Morgan fingerprint density at radius 1 is 1.00 bits per heavy atom. The molecule has 1 heteroatoms. The van der Waals surface area contributed by atoms with Crippen molar-refractivity contribution in [2.45, 2.75) is 96.4 Å². The van der Waals surface area contributed by atoms with E-state index in [0.717, 1.165) is 17.8 Å². The Bertz CT molecular complexity index is 842. The molecule has 0 amide bonds. The van der Waals surface area contributed by atoms with Crippen LogP contribution in [0.5, 0.6) is 0 Å². The van der Waals surface area contributed by atoms with Gasteiger partial charge in [0.1, 0.15) is 0 Å². The molecule has 8 unspecified atom stereocenters. The molecule has 2 aliphatic heterocycles. The van der Waals surface area contributed by atoms with E-state index in [1.165, 1.54) is 90.1 Å². The number of nitrogens with zero attached hydrogens (tertiary/aromatic N) is 1. The van der Waals surface area contributed by atoms with Crippen LogP contribution in [0.3, 0.4) is 0 Å². The van der Waals surface area contributed by atoms with Crippen molar-refractivity contribution in [3.8, 4) is 11.8 Å². The van der Waals surface area contributed by atoms with Crippen LogP contribution in [0.25, 0.3) is 0 Å². The fourth-order valence-corrected chi connectivity index (χ4v) is 10.8. The Morgan fingerprint density at radius 2 is 1.86 bits per heavy atom. The SMILES string of the molecule is CC1=C2CC34CN5CC56CCCC6CC#CCC35CCCC4CC(C)C25CC1. The van der Waals surface area contributed by atoms with Gasteiger partial charge in [-0.1, -0.05) is 30.9 Å². The average Bonchev–Trinajstić information content (AvgIpc) is 2.94. The maximum absolute atomic E-state index is 3.90. The smallest absolute Gasteiger partial charge is 0.0374 e. The van der Waals surface area contributed by atoms with Crippen LogP contribution in [-0.4, -0.2) is 23.5 Å². The van der Waals surface area contributed by atoms with E-state index in [9.17, 15) is 0 Å². The van der Waals surface area contributed by atoms with E-state index in [1.807, 2.05) is 5.57 Å². The van der Waals surface area contributed by atoms with Crippen molar-refractivity contribution in [3.05, 3.63) is 11.1 Å². The zero-order chi connectivity index (χ0) is 18.8. The molecule has 0 aromatic rings. The summed E-state index contributed by atoms with van der Waals surface area (Å²) in [6.07, 6.45) is 17.0. The van der Waals surface area contributed by atoms with Crippen LogP contribution in [0.2, 0.25) is 0 Å². The number of allylic oxidation sites excluding steroid dienone is 2. The summed E-state index contributed by atoms with van der Waals surface area (Å²) in [7, 11) is 0. The molecule has 0 N–H and O–H groups in total. The first-order valence-corrected chi connectivity index (χ1v) is 12.5. The molecule has 1 nitrogen and oxygen atoms in total. The summed E-state index contributed by atoms with van der Waals surface area (Å²) in [6, 6.07) is 0. The second kappa shape index (κ2) is 5.11. The van der Waals surface area contributed by atoms with Crippen LogP contribution in [0, 0.1) is 45.8 Å². The minimum Gasteiger partial charge on any atom is -0.294 e. The predicted molar refractivity (Wildman–Crippen MR) is 114 cm³/mol. The first-order valence-electron chi connectivity index (χ1n) is 12.5. The molecule has 28 heavy (non-hydrogen) atoms. The summed E-state index contributed by atoms with van der Waals surface area (Å²) < 4.78 is 0. The third kappa shape index (κ3) is 1.60.